The van der Waals surface area contributed by atoms with Gasteiger partial charge in [0.25, 0.3) is 5.91 Å². The van der Waals surface area contributed by atoms with Gasteiger partial charge < -0.3 is 15.4 Å². The van der Waals surface area contributed by atoms with Crippen LogP contribution in [0.15, 0.2) is 42.7 Å². The SMILES string of the molecule is Cc1c(NC(=O)c2c(NC(=O)/C=C\c3ccc(OC(F)F)cc3)cnn2C)cnn1C. The predicted octanol–water partition coefficient (Wildman–Crippen LogP) is 2.97. The number of carbonyl (C=O) groups is 2. The van der Waals surface area contributed by atoms with Crippen molar-refractivity contribution in [2.24, 2.45) is 14.1 Å². The maximum atomic E-state index is 12.7. The highest BCUT2D eigenvalue weighted by atomic mass is 19.3. The normalized spacial score (nSPS) is 11.2. The van der Waals surface area contributed by atoms with Crippen molar-refractivity contribution in [1.82, 2.24) is 19.6 Å². The largest absolute Gasteiger partial charge is 0.435 e. The molecule has 2 heterocycles. The van der Waals surface area contributed by atoms with Crippen molar-refractivity contribution in [1.29, 1.82) is 0 Å². The van der Waals surface area contributed by atoms with E-state index in [-0.39, 0.29) is 17.1 Å². The number of amides is 2. The Morgan fingerprint density at radius 3 is 2.29 bits per heavy atom. The van der Waals surface area contributed by atoms with Crippen LogP contribution in [0.2, 0.25) is 0 Å². The number of nitrogens with one attached hydrogen (secondary N) is 2. The van der Waals surface area contributed by atoms with Crippen molar-refractivity contribution in [3.8, 4) is 5.75 Å². The third-order valence-corrected chi connectivity index (χ3v) is 4.43. The van der Waals surface area contributed by atoms with E-state index in [4.69, 9.17) is 0 Å². The van der Waals surface area contributed by atoms with E-state index in [0.717, 1.165) is 5.69 Å². The standard InChI is InChI=1S/C20H20F2N6O3/c1-12-15(10-23-27(12)2)26-19(30)18-16(11-24-28(18)3)25-17(29)9-6-13-4-7-14(8-5-13)31-20(21)22/h4-11,20H,1-3H3,(H,25,29)(H,26,30)/b9-6-. The molecule has 0 saturated carbocycles. The molecule has 1 aromatic carbocycles. The number of nitrogens with zero attached hydrogens (tertiary/aromatic N) is 4. The monoisotopic (exact) mass is 430 g/mol. The smallest absolute Gasteiger partial charge is 0.387 e. The summed E-state index contributed by atoms with van der Waals surface area (Å²) in [5.41, 5.74) is 2.32. The van der Waals surface area contributed by atoms with Crippen molar-refractivity contribution in [3.05, 3.63) is 59.7 Å². The topological polar surface area (TPSA) is 103 Å². The number of ether oxygens (including phenoxy) is 1. The van der Waals surface area contributed by atoms with E-state index in [1.807, 2.05) is 6.92 Å². The maximum absolute atomic E-state index is 12.7. The second kappa shape index (κ2) is 9.20. The molecular formula is C20H20F2N6O3. The van der Waals surface area contributed by atoms with E-state index in [1.165, 1.54) is 53.5 Å². The summed E-state index contributed by atoms with van der Waals surface area (Å²) in [6.45, 7) is -1.09. The molecule has 162 valence electrons. The molecule has 2 aromatic heterocycles. The van der Waals surface area contributed by atoms with E-state index in [2.05, 4.69) is 25.6 Å². The lowest BCUT2D eigenvalue weighted by Crippen LogP contribution is -2.19. The molecule has 0 radical (unpaired) electrons. The van der Waals surface area contributed by atoms with Gasteiger partial charge in [-0.2, -0.15) is 19.0 Å². The van der Waals surface area contributed by atoms with Gasteiger partial charge in [0.15, 0.2) is 0 Å². The first-order chi connectivity index (χ1) is 14.7. The van der Waals surface area contributed by atoms with Crippen LogP contribution in [0.25, 0.3) is 6.08 Å². The van der Waals surface area contributed by atoms with E-state index >= 15 is 0 Å². The number of alkyl halides is 2. The summed E-state index contributed by atoms with van der Waals surface area (Å²) >= 11 is 0. The van der Waals surface area contributed by atoms with Crippen LogP contribution in [0.5, 0.6) is 5.75 Å². The van der Waals surface area contributed by atoms with Gasteiger partial charge in [-0.25, -0.2) is 0 Å². The fourth-order valence-corrected chi connectivity index (χ4v) is 2.71. The van der Waals surface area contributed by atoms with Gasteiger partial charge in [0.05, 0.1) is 29.5 Å². The fraction of sp³-hybridized carbons (Fsp3) is 0.200. The fourth-order valence-electron chi connectivity index (χ4n) is 2.71. The number of rotatable bonds is 7. The van der Waals surface area contributed by atoms with Crippen LogP contribution in [0.4, 0.5) is 20.2 Å². The van der Waals surface area contributed by atoms with Gasteiger partial charge in [-0.3, -0.25) is 19.0 Å². The van der Waals surface area contributed by atoms with Crippen LogP contribution in [-0.2, 0) is 18.9 Å². The molecule has 2 amide bonds. The Morgan fingerprint density at radius 1 is 1.03 bits per heavy atom. The van der Waals surface area contributed by atoms with E-state index in [1.54, 1.807) is 18.8 Å². The number of anilines is 2. The molecule has 0 aliphatic rings. The molecule has 0 bridgehead atoms. The van der Waals surface area contributed by atoms with Gasteiger partial charge in [-0.15, -0.1) is 0 Å². The molecule has 0 aliphatic carbocycles. The summed E-state index contributed by atoms with van der Waals surface area (Å²) in [6.07, 6.45) is 5.65. The van der Waals surface area contributed by atoms with Gasteiger partial charge >= 0.3 is 6.61 Å². The molecule has 0 saturated heterocycles. The molecule has 11 heteroatoms. The van der Waals surface area contributed by atoms with Crippen LogP contribution in [0.1, 0.15) is 21.7 Å². The summed E-state index contributed by atoms with van der Waals surface area (Å²) in [4.78, 5) is 25.0. The van der Waals surface area contributed by atoms with E-state index in [9.17, 15) is 18.4 Å². The van der Waals surface area contributed by atoms with Crippen LogP contribution in [0.3, 0.4) is 0 Å². The van der Waals surface area contributed by atoms with Crippen molar-refractivity contribution < 1.29 is 23.1 Å². The Kier molecular flexibility index (Phi) is 6.43. The highest BCUT2D eigenvalue weighted by Crippen LogP contribution is 2.19. The molecule has 3 aromatic rings. The van der Waals surface area contributed by atoms with Crippen molar-refractivity contribution in [3.63, 3.8) is 0 Å². The zero-order valence-electron chi connectivity index (χ0n) is 17.0. The van der Waals surface area contributed by atoms with Gasteiger partial charge in [0.2, 0.25) is 5.91 Å². The molecule has 0 aliphatic heterocycles. The summed E-state index contributed by atoms with van der Waals surface area (Å²) in [5.74, 6) is -0.927. The maximum Gasteiger partial charge on any atom is 0.387 e. The number of halogens is 2. The zero-order chi connectivity index (χ0) is 22.5. The highest BCUT2D eigenvalue weighted by Gasteiger charge is 2.19. The lowest BCUT2D eigenvalue weighted by molar-refractivity contribution is -0.111. The average Bonchev–Trinajstić information content (AvgIpc) is 3.23. The third kappa shape index (κ3) is 5.32. The number of aryl methyl sites for hydroxylation is 2. The Balaban J connectivity index is 1.67. The van der Waals surface area contributed by atoms with Gasteiger partial charge in [-0.1, -0.05) is 12.1 Å². The average molecular weight is 430 g/mol. The lowest BCUT2D eigenvalue weighted by Gasteiger charge is -2.08. The van der Waals surface area contributed by atoms with Gasteiger partial charge in [0, 0.05) is 20.2 Å². The second-order valence-corrected chi connectivity index (χ2v) is 6.52. The number of aromatic nitrogens is 4. The van der Waals surface area contributed by atoms with Crippen LogP contribution in [-0.4, -0.2) is 38.0 Å². The zero-order valence-corrected chi connectivity index (χ0v) is 17.0. The molecular weight excluding hydrogens is 410 g/mol. The van der Waals surface area contributed by atoms with E-state index in [0.29, 0.717) is 11.3 Å². The second-order valence-electron chi connectivity index (χ2n) is 6.52. The Hall–Kier alpha value is -4.02. The summed E-state index contributed by atoms with van der Waals surface area (Å²) in [5, 5.41) is 13.5. The molecule has 0 unspecified atom stereocenters. The molecule has 3 rings (SSSR count). The van der Waals surface area contributed by atoms with Gasteiger partial charge in [0.1, 0.15) is 11.4 Å². The molecule has 2 N–H and O–H groups in total. The summed E-state index contributed by atoms with van der Waals surface area (Å²) < 4.78 is 31.6. The van der Waals surface area contributed by atoms with Crippen molar-refractivity contribution in [2.75, 3.05) is 10.6 Å². The summed E-state index contributed by atoms with van der Waals surface area (Å²) in [6, 6.07) is 5.79. The van der Waals surface area contributed by atoms with Crippen LogP contribution >= 0.6 is 0 Å². The van der Waals surface area contributed by atoms with Crippen molar-refractivity contribution >= 4 is 29.3 Å². The molecule has 0 fully saturated rings. The Morgan fingerprint density at radius 2 is 1.68 bits per heavy atom. The van der Waals surface area contributed by atoms with Crippen molar-refractivity contribution in [2.45, 2.75) is 13.5 Å². The minimum atomic E-state index is -2.90. The minimum Gasteiger partial charge on any atom is -0.435 e. The first-order valence-corrected chi connectivity index (χ1v) is 9.10. The van der Waals surface area contributed by atoms with Crippen LogP contribution in [0, 0.1) is 6.92 Å². The number of carbonyl (C=O) groups excluding carboxylic acids is 2. The first-order valence-electron chi connectivity index (χ1n) is 9.10. The Bertz CT molecular complexity index is 1120. The number of hydrogen-bond acceptors (Lipinski definition) is 5. The number of benzene rings is 1. The lowest BCUT2D eigenvalue weighted by atomic mass is 10.2. The Labute approximate surface area is 176 Å². The first kappa shape index (κ1) is 21.7. The van der Waals surface area contributed by atoms with Crippen LogP contribution < -0.4 is 15.4 Å². The summed E-state index contributed by atoms with van der Waals surface area (Å²) in [7, 11) is 3.34. The third-order valence-electron chi connectivity index (χ3n) is 4.43. The molecule has 9 nitrogen and oxygen atoms in total. The molecule has 0 atom stereocenters. The molecule has 31 heavy (non-hydrogen) atoms. The van der Waals surface area contributed by atoms with Gasteiger partial charge in [-0.05, 0) is 30.7 Å². The minimum absolute atomic E-state index is 0.0199. The highest BCUT2D eigenvalue weighted by molar-refractivity contribution is 6.10. The molecule has 0 spiro atoms. The number of hydrogen-bond donors (Lipinski definition) is 2. The quantitative estimate of drug-likeness (QED) is 0.561. The van der Waals surface area contributed by atoms with E-state index < -0.39 is 18.4 Å². The predicted molar refractivity (Wildman–Crippen MR) is 110 cm³/mol.